The maximum atomic E-state index is 13.9. The second-order valence-electron chi connectivity index (χ2n) is 7.93. The Balaban J connectivity index is 1.78. The Morgan fingerprint density at radius 3 is 2.66 bits per heavy atom. The Labute approximate surface area is 182 Å². The van der Waals surface area contributed by atoms with Crippen molar-refractivity contribution in [3.05, 3.63) is 87.2 Å². The zero-order valence-electron chi connectivity index (χ0n) is 17.6. The SMILES string of the molecule is Cc1cc(N2C(=O)c3oc4ccc(F)cc4c(=O)c3[C@H]2c2cccc(OC(C)C)c2)no1. The van der Waals surface area contributed by atoms with Crippen LogP contribution in [0.1, 0.15) is 47.3 Å². The summed E-state index contributed by atoms with van der Waals surface area (Å²) in [5, 5.41) is 4.05. The molecule has 32 heavy (non-hydrogen) atoms. The fourth-order valence-electron chi connectivity index (χ4n) is 3.99. The molecular weight excluding hydrogens is 415 g/mol. The molecule has 2 aromatic carbocycles. The van der Waals surface area contributed by atoms with Crippen LogP contribution in [0.5, 0.6) is 5.75 Å². The summed E-state index contributed by atoms with van der Waals surface area (Å²) in [4.78, 5) is 28.2. The van der Waals surface area contributed by atoms with E-state index in [9.17, 15) is 14.0 Å². The van der Waals surface area contributed by atoms with E-state index in [-0.39, 0.29) is 34.2 Å². The number of hydrogen-bond donors (Lipinski definition) is 0. The van der Waals surface area contributed by atoms with E-state index in [1.165, 1.54) is 17.0 Å². The molecule has 1 atom stereocenters. The molecule has 7 nitrogen and oxygen atoms in total. The van der Waals surface area contributed by atoms with E-state index in [0.29, 0.717) is 17.1 Å². The Bertz CT molecular complexity index is 1420. The summed E-state index contributed by atoms with van der Waals surface area (Å²) in [6.45, 7) is 5.51. The molecule has 0 saturated heterocycles. The van der Waals surface area contributed by atoms with Gasteiger partial charge in [0.2, 0.25) is 5.76 Å². The predicted molar refractivity (Wildman–Crippen MR) is 115 cm³/mol. The Hall–Kier alpha value is -3.94. The van der Waals surface area contributed by atoms with E-state index >= 15 is 0 Å². The molecule has 0 radical (unpaired) electrons. The number of benzene rings is 2. The highest BCUT2D eigenvalue weighted by atomic mass is 19.1. The molecule has 1 aliphatic rings. The van der Waals surface area contributed by atoms with Gasteiger partial charge in [0, 0.05) is 6.07 Å². The average Bonchev–Trinajstić information content (AvgIpc) is 3.29. The minimum Gasteiger partial charge on any atom is -0.491 e. The number of anilines is 1. The largest absolute Gasteiger partial charge is 0.491 e. The van der Waals surface area contributed by atoms with Gasteiger partial charge in [-0.2, -0.15) is 0 Å². The normalized spacial score (nSPS) is 15.6. The van der Waals surface area contributed by atoms with Crippen LogP contribution in [0.4, 0.5) is 10.2 Å². The number of aromatic nitrogens is 1. The summed E-state index contributed by atoms with van der Waals surface area (Å²) in [7, 11) is 0. The first-order valence-electron chi connectivity index (χ1n) is 10.1. The molecule has 1 aliphatic heterocycles. The number of nitrogens with zero attached hydrogens (tertiary/aromatic N) is 2. The molecule has 0 N–H and O–H groups in total. The Morgan fingerprint density at radius 2 is 1.94 bits per heavy atom. The molecule has 2 aromatic heterocycles. The Morgan fingerprint density at radius 1 is 1.12 bits per heavy atom. The van der Waals surface area contributed by atoms with Gasteiger partial charge in [0.1, 0.15) is 22.9 Å². The topological polar surface area (TPSA) is 85.8 Å². The van der Waals surface area contributed by atoms with Crippen LogP contribution >= 0.6 is 0 Å². The summed E-state index contributed by atoms with van der Waals surface area (Å²) in [6.07, 6.45) is -0.0611. The molecule has 4 aromatic rings. The minimum atomic E-state index is -0.846. The highest BCUT2D eigenvalue weighted by Crippen LogP contribution is 2.41. The van der Waals surface area contributed by atoms with Gasteiger partial charge in [0.25, 0.3) is 5.91 Å². The standard InChI is InChI=1S/C24H19FN2O5/c1-12(2)30-16-6-4-5-14(10-16)21-20-22(28)17-11-15(25)7-8-18(17)31-23(20)24(29)27(21)19-9-13(3)32-26-19/h4-12,21H,1-3H3/t21-/m1/s1. The zero-order chi connectivity index (χ0) is 22.6. The molecule has 0 spiro atoms. The molecule has 8 heteroatoms. The summed E-state index contributed by atoms with van der Waals surface area (Å²) in [5.74, 6) is 0.138. The van der Waals surface area contributed by atoms with Crippen LogP contribution in [-0.4, -0.2) is 17.2 Å². The van der Waals surface area contributed by atoms with Gasteiger partial charge in [0.05, 0.1) is 23.1 Å². The number of carbonyl (C=O) groups is 1. The minimum absolute atomic E-state index is 0.0611. The van der Waals surface area contributed by atoms with E-state index in [1.807, 2.05) is 13.8 Å². The third-order valence-electron chi connectivity index (χ3n) is 5.24. The zero-order valence-corrected chi connectivity index (χ0v) is 17.6. The van der Waals surface area contributed by atoms with Crippen LogP contribution in [0.2, 0.25) is 0 Å². The number of carbonyl (C=O) groups excluding carboxylic acids is 1. The maximum absolute atomic E-state index is 13.9. The number of halogens is 1. The van der Waals surface area contributed by atoms with Crippen molar-refractivity contribution in [2.75, 3.05) is 4.90 Å². The summed E-state index contributed by atoms with van der Waals surface area (Å²) in [6, 6.07) is 11.5. The lowest BCUT2D eigenvalue weighted by molar-refractivity contribution is 0.0969. The van der Waals surface area contributed by atoms with Crippen LogP contribution < -0.4 is 15.1 Å². The molecule has 3 heterocycles. The number of ether oxygens (including phenoxy) is 1. The van der Waals surface area contributed by atoms with Crippen molar-refractivity contribution in [1.82, 2.24) is 5.16 Å². The second kappa shape index (κ2) is 7.33. The van der Waals surface area contributed by atoms with Crippen LogP contribution in [0.3, 0.4) is 0 Å². The molecule has 0 bridgehead atoms. The van der Waals surface area contributed by atoms with Gasteiger partial charge in [-0.3, -0.25) is 14.5 Å². The second-order valence-corrected chi connectivity index (χ2v) is 7.93. The van der Waals surface area contributed by atoms with Gasteiger partial charge < -0.3 is 13.7 Å². The quantitative estimate of drug-likeness (QED) is 0.460. The van der Waals surface area contributed by atoms with Crippen LogP contribution in [0, 0.1) is 12.7 Å². The van der Waals surface area contributed by atoms with Crippen molar-refractivity contribution in [1.29, 1.82) is 0 Å². The molecule has 0 unspecified atom stereocenters. The van der Waals surface area contributed by atoms with E-state index < -0.39 is 23.2 Å². The number of fused-ring (bicyclic) bond motifs is 2. The fraction of sp³-hybridized carbons (Fsp3) is 0.208. The third-order valence-corrected chi connectivity index (χ3v) is 5.24. The van der Waals surface area contributed by atoms with Gasteiger partial charge in [-0.25, -0.2) is 4.39 Å². The summed E-state index contributed by atoms with van der Waals surface area (Å²) >= 11 is 0. The molecule has 0 fully saturated rings. The first kappa shape index (κ1) is 20.0. The van der Waals surface area contributed by atoms with Crippen molar-refractivity contribution in [3.63, 3.8) is 0 Å². The lowest BCUT2D eigenvalue weighted by Crippen LogP contribution is -2.29. The van der Waals surface area contributed by atoms with Gasteiger partial charge in [-0.15, -0.1) is 0 Å². The number of rotatable bonds is 4. The van der Waals surface area contributed by atoms with Crippen LogP contribution in [-0.2, 0) is 0 Å². The van der Waals surface area contributed by atoms with Gasteiger partial charge in [-0.1, -0.05) is 17.3 Å². The lowest BCUT2D eigenvalue weighted by Gasteiger charge is -2.23. The summed E-state index contributed by atoms with van der Waals surface area (Å²) < 4.78 is 30.7. The third kappa shape index (κ3) is 3.15. The lowest BCUT2D eigenvalue weighted by atomic mass is 9.98. The predicted octanol–water partition coefficient (Wildman–Crippen LogP) is 4.77. The van der Waals surface area contributed by atoms with Crippen molar-refractivity contribution < 1.29 is 22.9 Å². The first-order chi connectivity index (χ1) is 15.3. The van der Waals surface area contributed by atoms with Crippen LogP contribution in [0.15, 0.2) is 62.3 Å². The number of hydrogen-bond acceptors (Lipinski definition) is 6. The molecule has 5 rings (SSSR count). The maximum Gasteiger partial charge on any atom is 0.296 e. The Kier molecular flexibility index (Phi) is 4.58. The van der Waals surface area contributed by atoms with Gasteiger partial charge in [-0.05, 0) is 56.7 Å². The molecule has 0 aliphatic carbocycles. The van der Waals surface area contributed by atoms with Crippen molar-refractivity contribution in [2.24, 2.45) is 0 Å². The average molecular weight is 434 g/mol. The molecule has 162 valence electrons. The van der Waals surface area contributed by atoms with Crippen molar-refractivity contribution in [2.45, 2.75) is 32.9 Å². The van der Waals surface area contributed by atoms with Gasteiger partial charge in [0.15, 0.2) is 11.2 Å². The van der Waals surface area contributed by atoms with Crippen molar-refractivity contribution in [3.8, 4) is 5.75 Å². The molecule has 1 amide bonds. The van der Waals surface area contributed by atoms with E-state index in [0.717, 1.165) is 6.07 Å². The van der Waals surface area contributed by atoms with Crippen LogP contribution in [0.25, 0.3) is 11.0 Å². The van der Waals surface area contributed by atoms with E-state index in [4.69, 9.17) is 13.7 Å². The smallest absolute Gasteiger partial charge is 0.296 e. The van der Waals surface area contributed by atoms with E-state index in [2.05, 4.69) is 5.16 Å². The molecular formula is C24H19FN2O5. The number of aryl methyl sites for hydroxylation is 1. The first-order valence-corrected chi connectivity index (χ1v) is 10.1. The monoisotopic (exact) mass is 434 g/mol. The molecule has 0 saturated carbocycles. The summed E-state index contributed by atoms with van der Waals surface area (Å²) in [5.41, 5.74) is 0.406. The highest BCUT2D eigenvalue weighted by molar-refractivity contribution is 6.10. The highest BCUT2D eigenvalue weighted by Gasteiger charge is 2.45. The van der Waals surface area contributed by atoms with Gasteiger partial charge >= 0.3 is 0 Å². The van der Waals surface area contributed by atoms with Crippen molar-refractivity contribution >= 4 is 22.7 Å². The van der Waals surface area contributed by atoms with E-state index in [1.54, 1.807) is 37.3 Å². The fourth-order valence-corrected chi connectivity index (χ4v) is 3.99. The number of amides is 1.